The van der Waals surface area contributed by atoms with Crippen LogP contribution in [0.4, 0.5) is 13.2 Å². The van der Waals surface area contributed by atoms with E-state index in [0.29, 0.717) is 5.56 Å². The zero-order valence-electron chi connectivity index (χ0n) is 17.8. The number of nitrogens with one attached hydrogen (secondary N) is 1. The number of benzene rings is 2. The van der Waals surface area contributed by atoms with E-state index in [4.69, 9.17) is 0 Å². The summed E-state index contributed by atoms with van der Waals surface area (Å²) in [5.41, 5.74) is -0.0592. The number of methoxy groups -OCH3 is 1. The number of rotatable bonds is 6. The topological polar surface area (TPSA) is 92.8 Å². The van der Waals surface area contributed by atoms with E-state index >= 15 is 0 Å². The van der Waals surface area contributed by atoms with E-state index in [1.807, 2.05) is 0 Å². The molecule has 1 amide bonds. The molecule has 2 aromatic carbocycles. The summed E-state index contributed by atoms with van der Waals surface area (Å²) < 4.78 is 71.1. The fraction of sp³-hybridized carbons (Fsp3) is 0.364. The van der Waals surface area contributed by atoms with Crippen molar-refractivity contribution in [3.8, 4) is 0 Å². The first-order valence-electron chi connectivity index (χ1n) is 10.2. The SMILES string of the molecule is COC(=O)c1ccc(CNC(=O)C2CCN(S(=O)(=O)c3ccccc3C(F)(F)F)CC2)cc1. The Balaban J connectivity index is 1.58. The number of sulfonamides is 1. The van der Waals surface area contributed by atoms with Gasteiger partial charge < -0.3 is 10.1 Å². The van der Waals surface area contributed by atoms with Gasteiger partial charge in [0.2, 0.25) is 15.9 Å². The number of amides is 1. The van der Waals surface area contributed by atoms with Gasteiger partial charge in [0.25, 0.3) is 0 Å². The Morgan fingerprint density at radius 3 is 2.24 bits per heavy atom. The first-order valence-corrected chi connectivity index (χ1v) is 11.6. The second-order valence-electron chi connectivity index (χ2n) is 7.58. The van der Waals surface area contributed by atoms with Crippen LogP contribution in [-0.4, -0.2) is 44.8 Å². The molecule has 2 aromatic rings. The second kappa shape index (κ2) is 9.92. The Kier molecular flexibility index (Phi) is 7.43. The molecule has 1 aliphatic heterocycles. The summed E-state index contributed by atoms with van der Waals surface area (Å²) in [6.45, 7) is 0.110. The maximum absolute atomic E-state index is 13.3. The lowest BCUT2D eigenvalue weighted by Gasteiger charge is -2.31. The fourth-order valence-corrected chi connectivity index (χ4v) is 5.32. The third-order valence-electron chi connectivity index (χ3n) is 5.48. The minimum atomic E-state index is -4.79. The summed E-state index contributed by atoms with van der Waals surface area (Å²) >= 11 is 0. The minimum Gasteiger partial charge on any atom is -0.465 e. The third-order valence-corrected chi connectivity index (χ3v) is 7.43. The van der Waals surface area contributed by atoms with E-state index in [9.17, 15) is 31.2 Å². The zero-order valence-corrected chi connectivity index (χ0v) is 18.6. The van der Waals surface area contributed by atoms with Crippen molar-refractivity contribution >= 4 is 21.9 Å². The minimum absolute atomic E-state index is 0.0551. The third kappa shape index (κ3) is 5.72. The number of nitrogens with zero attached hydrogens (tertiary/aromatic N) is 1. The molecule has 1 saturated heterocycles. The van der Waals surface area contributed by atoms with E-state index < -0.39 is 38.5 Å². The maximum atomic E-state index is 13.3. The number of piperidine rings is 1. The lowest BCUT2D eigenvalue weighted by molar-refractivity contribution is -0.139. The van der Waals surface area contributed by atoms with Crippen LogP contribution in [0.3, 0.4) is 0 Å². The molecular formula is C22H23F3N2O5S. The maximum Gasteiger partial charge on any atom is 0.417 e. The predicted octanol–water partition coefficient (Wildman–Crippen LogP) is 3.21. The summed E-state index contributed by atoms with van der Waals surface area (Å²) in [4.78, 5) is 23.2. The monoisotopic (exact) mass is 484 g/mol. The van der Waals surface area contributed by atoms with Crippen molar-refractivity contribution in [2.45, 2.75) is 30.5 Å². The van der Waals surface area contributed by atoms with Crippen molar-refractivity contribution < 1.29 is 35.9 Å². The Morgan fingerprint density at radius 2 is 1.67 bits per heavy atom. The van der Waals surface area contributed by atoms with Gasteiger partial charge in [0.1, 0.15) is 0 Å². The molecule has 0 aromatic heterocycles. The largest absolute Gasteiger partial charge is 0.465 e. The summed E-state index contributed by atoms with van der Waals surface area (Å²) in [5.74, 6) is -1.19. The molecule has 0 bridgehead atoms. The highest BCUT2D eigenvalue weighted by molar-refractivity contribution is 7.89. The van der Waals surface area contributed by atoms with Gasteiger partial charge in [-0.25, -0.2) is 13.2 Å². The van der Waals surface area contributed by atoms with Crippen molar-refractivity contribution in [2.24, 2.45) is 5.92 Å². The highest BCUT2D eigenvalue weighted by Crippen LogP contribution is 2.36. The molecular weight excluding hydrogens is 461 g/mol. The van der Waals surface area contributed by atoms with Crippen LogP contribution in [0.2, 0.25) is 0 Å². The van der Waals surface area contributed by atoms with Crippen LogP contribution < -0.4 is 5.32 Å². The van der Waals surface area contributed by atoms with Gasteiger partial charge in [-0.1, -0.05) is 24.3 Å². The highest BCUT2D eigenvalue weighted by atomic mass is 32.2. The normalized spacial score (nSPS) is 15.8. The molecule has 1 heterocycles. The summed E-state index contributed by atoms with van der Waals surface area (Å²) in [6, 6.07) is 10.6. The van der Waals surface area contributed by atoms with E-state index in [0.717, 1.165) is 28.1 Å². The molecule has 11 heteroatoms. The van der Waals surface area contributed by atoms with Crippen LogP contribution in [0.15, 0.2) is 53.4 Å². The number of ether oxygens (including phenoxy) is 1. The van der Waals surface area contributed by atoms with Crippen molar-refractivity contribution in [1.29, 1.82) is 0 Å². The van der Waals surface area contributed by atoms with Crippen LogP contribution in [-0.2, 0) is 32.3 Å². The summed E-state index contributed by atoms with van der Waals surface area (Å²) in [7, 11) is -3.07. The number of carbonyl (C=O) groups excluding carboxylic acids is 2. The quantitative estimate of drug-likeness (QED) is 0.636. The first-order chi connectivity index (χ1) is 15.5. The van der Waals surface area contributed by atoms with E-state index in [2.05, 4.69) is 10.1 Å². The van der Waals surface area contributed by atoms with Crippen LogP contribution >= 0.6 is 0 Å². The number of esters is 1. The van der Waals surface area contributed by atoms with Crippen molar-refractivity contribution in [3.05, 3.63) is 65.2 Å². The van der Waals surface area contributed by atoms with Gasteiger partial charge in [-0.15, -0.1) is 0 Å². The lowest BCUT2D eigenvalue weighted by Crippen LogP contribution is -2.43. The molecule has 0 unspecified atom stereocenters. The van der Waals surface area contributed by atoms with Gasteiger partial charge in [-0.05, 0) is 42.7 Å². The molecule has 0 spiro atoms. The Morgan fingerprint density at radius 1 is 1.06 bits per heavy atom. The molecule has 1 N–H and O–H groups in total. The summed E-state index contributed by atoms with van der Waals surface area (Å²) in [6.07, 6.45) is -4.40. The van der Waals surface area contributed by atoms with Crippen LogP contribution in [0.25, 0.3) is 0 Å². The smallest absolute Gasteiger partial charge is 0.417 e. The van der Waals surface area contributed by atoms with E-state index in [1.165, 1.54) is 13.2 Å². The van der Waals surface area contributed by atoms with Gasteiger partial charge in [0.15, 0.2) is 0 Å². The van der Waals surface area contributed by atoms with E-state index in [-0.39, 0.29) is 38.4 Å². The second-order valence-corrected chi connectivity index (χ2v) is 9.48. The molecule has 3 rings (SSSR count). The van der Waals surface area contributed by atoms with E-state index in [1.54, 1.807) is 24.3 Å². The Bertz CT molecular complexity index is 1110. The number of hydrogen-bond acceptors (Lipinski definition) is 5. The fourth-order valence-electron chi connectivity index (χ4n) is 3.63. The predicted molar refractivity (Wildman–Crippen MR) is 113 cm³/mol. The molecule has 1 fully saturated rings. The molecule has 33 heavy (non-hydrogen) atoms. The van der Waals surface area contributed by atoms with Crippen LogP contribution in [0, 0.1) is 5.92 Å². The zero-order chi connectivity index (χ0) is 24.2. The number of halogens is 3. The molecule has 1 aliphatic rings. The van der Waals surface area contributed by atoms with Crippen molar-refractivity contribution in [2.75, 3.05) is 20.2 Å². The molecule has 0 radical (unpaired) electrons. The molecule has 0 atom stereocenters. The van der Waals surface area contributed by atoms with Gasteiger partial charge in [0, 0.05) is 25.6 Å². The Labute approximate surface area is 189 Å². The Hall–Kier alpha value is -2.92. The molecule has 0 aliphatic carbocycles. The summed E-state index contributed by atoms with van der Waals surface area (Å²) in [5, 5.41) is 2.77. The number of hydrogen-bond donors (Lipinski definition) is 1. The number of alkyl halides is 3. The molecule has 178 valence electrons. The van der Waals surface area contributed by atoms with Crippen molar-refractivity contribution in [1.82, 2.24) is 9.62 Å². The standard InChI is InChI=1S/C22H23F3N2O5S/c1-32-21(29)17-8-6-15(7-9-17)14-26-20(28)16-10-12-27(13-11-16)33(30,31)19-5-3-2-4-18(19)22(23,24)25/h2-9,16H,10-14H2,1H3,(H,26,28). The number of carbonyl (C=O) groups is 2. The average Bonchev–Trinajstić information content (AvgIpc) is 2.82. The van der Waals surface area contributed by atoms with Gasteiger partial charge in [-0.2, -0.15) is 17.5 Å². The van der Waals surface area contributed by atoms with Crippen LogP contribution in [0.1, 0.15) is 34.3 Å². The van der Waals surface area contributed by atoms with Gasteiger partial charge >= 0.3 is 12.1 Å². The highest BCUT2D eigenvalue weighted by Gasteiger charge is 2.40. The van der Waals surface area contributed by atoms with Gasteiger partial charge in [-0.3, -0.25) is 4.79 Å². The van der Waals surface area contributed by atoms with Crippen molar-refractivity contribution in [3.63, 3.8) is 0 Å². The molecule has 7 nitrogen and oxygen atoms in total. The van der Waals surface area contributed by atoms with Gasteiger partial charge in [0.05, 0.1) is 23.1 Å². The first kappa shape index (κ1) is 24.7. The molecule has 0 saturated carbocycles. The average molecular weight is 484 g/mol. The lowest BCUT2D eigenvalue weighted by atomic mass is 9.97. The van der Waals surface area contributed by atoms with Crippen LogP contribution in [0.5, 0.6) is 0 Å².